The Morgan fingerprint density at radius 2 is 1.88 bits per heavy atom. The van der Waals surface area contributed by atoms with Crippen LogP contribution in [-0.2, 0) is 21.1 Å². The second-order valence-electron chi connectivity index (χ2n) is 7.07. The standard InChI is InChI=1S/C18H25NO5S/c1-13(2)25(21,22)11-14-5-7-19(8-6-14)18(20)10-15-3-4-16-17(9-15)24-12-23-16/h3-4,9,13-14H,5-8,10-12H2,1-2H3. The van der Waals surface area contributed by atoms with Gasteiger partial charge in [0, 0.05) is 13.1 Å². The molecular weight excluding hydrogens is 342 g/mol. The largest absolute Gasteiger partial charge is 0.454 e. The predicted octanol–water partition coefficient (Wildman–Crippen LogP) is 2.02. The Morgan fingerprint density at radius 3 is 2.56 bits per heavy atom. The average Bonchev–Trinajstić information content (AvgIpc) is 3.02. The number of rotatable bonds is 5. The summed E-state index contributed by atoms with van der Waals surface area (Å²) in [6.45, 7) is 4.92. The summed E-state index contributed by atoms with van der Waals surface area (Å²) in [6, 6.07) is 5.56. The molecule has 1 fully saturated rings. The molecule has 0 spiro atoms. The number of fused-ring (bicyclic) bond motifs is 1. The van der Waals surface area contributed by atoms with Crippen LogP contribution in [0.25, 0.3) is 0 Å². The summed E-state index contributed by atoms with van der Waals surface area (Å²) in [7, 11) is -3.02. The van der Waals surface area contributed by atoms with Crippen molar-refractivity contribution in [2.75, 3.05) is 25.6 Å². The Hall–Kier alpha value is -1.76. The van der Waals surface area contributed by atoms with E-state index in [2.05, 4.69) is 0 Å². The van der Waals surface area contributed by atoms with Gasteiger partial charge in [-0.1, -0.05) is 6.07 Å². The van der Waals surface area contributed by atoms with Crippen molar-refractivity contribution in [2.45, 2.75) is 38.4 Å². The Bertz CT molecular complexity index is 736. The maximum Gasteiger partial charge on any atom is 0.231 e. The van der Waals surface area contributed by atoms with Gasteiger partial charge in [0.05, 0.1) is 17.4 Å². The fourth-order valence-corrected chi connectivity index (χ4v) is 4.58. The van der Waals surface area contributed by atoms with Gasteiger partial charge in [-0.25, -0.2) is 8.42 Å². The highest BCUT2D eigenvalue weighted by Gasteiger charge is 2.28. The number of sulfone groups is 1. The number of nitrogens with zero attached hydrogens (tertiary/aromatic N) is 1. The number of likely N-dealkylation sites (tertiary alicyclic amines) is 1. The lowest BCUT2D eigenvalue weighted by molar-refractivity contribution is -0.131. The van der Waals surface area contributed by atoms with E-state index in [1.165, 1.54) is 0 Å². The van der Waals surface area contributed by atoms with Crippen LogP contribution in [0.5, 0.6) is 11.5 Å². The number of hydrogen-bond acceptors (Lipinski definition) is 5. The normalized spacial score (nSPS) is 18.0. The number of hydrogen-bond donors (Lipinski definition) is 0. The molecule has 7 heteroatoms. The highest BCUT2D eigenvalue weighted by molar-refractivity contribution is 7.91. The topological polar surface area (TPSA) is 72.9 Å². The third kappa shape index (κ3) is 4.26. The first-order valence-electron chi connectivity index (χ1n) is 8.73. The molecule has 1 amide bonds. The average molecular weight is 367 g/mol. The molecule has 25 heavy (non-hydrogen) atoms. The summed E-state index contributed by atoms with van der Waals surface area (Å²) in [5, 5.41) is -0.335. The molecule has 0 unspecified atom stereocenters. The Labute approximate surface area is 149 Å². The third-order valence-corrected chi connectivity index (χ3v) is 7.32. The lowest BCUT2D eigenvalue weighted by Crippen LogP contribution is -2.41. The van der Waals surface area contributed by atoms with Crippen molar-refractivity contribution in [3.8, 4) is 11.5 Å². The second-order valence-corrected chi connectivity index (χ2v) is 9.67. The van der Waals surface area contributed by atoms with E-state index < -0.39 is 9.84 Å². The lowest BCUT2D eigenvalue weighted by Gasteiger charge is -2.32. The molecule has 0 radical (unpaired) electrons. The first-order valence-corrected chi connectivity index (χ1v) is 10.4. The van der Waals surface area contributed by atoms with Gasteiger partial charge in [0.2, 0.25) is 12.7 Å². The van der Waals surface area contributed by atoms with Crippen molar-refractivity contribution < 1.29 is 22.7 Å². The number of ether oxygens (including phenoxy) is 2. The van der Waals surface area contributed by atoms with E-state index in [-0.39, 0.29) is 29.6 Å². The van der Waals surface area contributed by atoms with Gasteiger partial charge in [-0.3, -0.25) is 4.79 Å². The van der Waals surface area contributed by atoms with E-state index in [0.29, 0.717) is 31.0 Å². The molecule has 2 aliphatic rings. The van der Waals surface area contributed by atoms with Crippen molar-refractivity contribution in [1.29, 1.82) is 0 Å². The van der Waals surface area contributed by atoms with E-state index in [1.807, 2.05) is 23.1 Å². The molecule has 1 saturated heterocycles. The number of amides is 1. The van der Waals surface area contributed by atoms with Crippen LogP contribution in [0.3, 0.4) is 0 Å². The van der Waals surface area contributed by atoms with Gasteiger partial charge in [0.15, 0.2) is 21.3 Å². The molecule has 138 valence electrons. The summed E-state index contributed by atoms with van der Waals surface area (Å²) < 4.78 is 34.7. The quantitative estimate of drug-likeness (QED) is 0.796. The van der Waals surface area contributed by atoms with Gasteiger partial charge >= 0.3 is 0 Å². The van der Waals surface area contributed by atoms with Crippen LogP contribution in [0.1, 0.15) is 32.3 Å². The van der Waals surface area contributed by atoms with E-state index in [4.69, 9.17) is 9.47 Å². The van der Waals surface area contributed by atoms with Crippen molar-refractivity contribution in [3.63, 3.8) is 0 Å². The summed E-state index contributed by atoms with van der Waals surface area (Å²) in [6.07, 6.45) is 1.82. The molecular formula is C18H25NO5S. The van der Waals surface area contributed by atoms with Crippen LogP contribution in [0.4, 0.5) is 0 Å². The molecule has 1 aromatic carbocycles. The highest BCUT2D eigenvalue weighted by atomic mass is 32.2. The van der Waals surface area contributed by atoms with Gasteiger partial charge in [0.1, 0.15) is 0 Å². The molecule has 0 N–H and O–H groups in total. The second kappa shape index (κ2) is 7.23. The van der Waals surface area contributed by atoms with Gasteiger partial charge in [-0.15, -0.1) is 0 Å². The Kier molecular flexibility index (Phi) is 5.22. The summed E-state index contributed by atoms with van der Waals surface area (Å²) in [5.41, 5.74) is 0.902. The van der Waals surface area contributed by atoms with Gasteiger partial charge in [0.25, 0.3) is 0 Å². The van der Waals surface area contributed by atoms with E-state index in [1.54, 1.807) is 13.8 Å². The molecule has 0 bridgehead atoms. The fourth-order valence-electron chi connectivity index (χ4n) is 3.21. The fraction of sp³-hybridized carbons (Fsp3) is 0.611. The lowest BCUT2D eigenvalue weighted by atomic mass is 9.98. The van der Waals surface area contributed by atoms with Gasteiger partial charge < -0.3 is 14.4 Å². The predicted molar refractivity (Wildman–Crippen MR) is 94.5 cm³/mol. The first-order chi connectivity index (χ1) is 11.8. The minimum Gasteiger partial charge on any atom is -0.454 e. The van der Waals surface area contributed by atoms with E-state index in [9.17, 15) is 13.2 Å². The van der Waals surface area contributed by atoms with Crippen molar-refractivity contribution in [3.05, 3.63) is 23.8 Å². The molecule has 3 rings (SSSR count). The maximum atomic E-state index is 12.5. The van der Waals surface area contributed by atoms with Crippen molar-refractivity contribution >= 4 is 15.7 Å². The molecule has 2 heterocycles. The summed E-state index contributed by atoms with van der Waals surface area (Å²) in [5.74, 6) is 1.85. The van der Waals surface area contributed by atoms with Crippen molar-refractivity contribution in [2.24, 2.45) is 5.92 Å². The van der Waals surface area contributed by atoms with Gasteiger partial charge in [-0.05, 0) is 50.3 Å². The molecule has 0 aliphatic carbocycles. The van der Waals surface area contributed by atoms with Gasteiger partial charge in [-0.2, -0.15) is 0 Å². The number of carbonyl (C=O) groups is 1. The van der Waals surface area contributed by atoms with Crippen molar-refractivity contribution in [1.82, 2.24) is 4.90 Å². The molecule has 6 nitrogen and oxygen atoms in total. The minimum atomic E-state index is -3.02. The monoisotopic (exact) mass is 367 g/mol. The highest BCUT2D eigenvalue weighted by Crippen LogP contribution is 2.32. The Morgan fingerprint density at radius 1 is 1.20 bits per heavy atom. The summed E-state index contributed by atoms with van der Waals surface area (Å²) in [4.78, 5) is 14.3. The van der Waals surface area contributed by atoms with E-state index >= 15 is 0 Å². The van der Waals surface area contributed by atoms with Crippen LogP contribution in [-0.4, -0.2) is 50.1 Å². The first kappa shape index (κ1) is 18.0. The third-order valence-electron chi connectivity index (χ3n) is 4.95. The SMILES string of the molecule is CC(C)S(=O)(=O)CC1CCN(C(=O)Cc2ccc3c(c2)OCO3)CC1. The minimum absolute atomic E-state index is 0.0732. The zero-order valence-electron chi connectivity index (χ0n) is 14.7. The zero-order chi connectivity index (χ0) is 18.0. The smallest absolute Gasteiger partial charge is 0.231 e. The van der Waals surface area contributed by atoms with Crippen LogP contribution >= 0.6 is 0 Å². The molecule has 1 aromatic rings. The molecule has 0 atom stereocenters. The van der Waals surface area contributed by atoms with E-state index in [0.717, 1.165) is 18.4 Å². The molecule has 0 saturated carbocycles. The van der Waals surface area contributed by atoms with Crippen LogP contribution in [0, 0.1) is 5.92 Å². The summed E-state index contributed by atoms with van der Waals surface area (Å²) >= 11 is 0. The zero-order valence-corrected chi connectivity index (χ0v) is 15.5. The number of benzene rings is 1. The molecule has 2 aliphatic heterocycles. The Balaban J connectivity index is 1.52. The number of carbonyl (C=O) groups excluding carboxylic acids is 1. The number of piperidine rings is 1. The molecule has 0 aromatic heterocycles. The van der Waals surface area contributed by atoms with Crippen LogP contribution < -0.4 is 9.47 Å². The maximum absolute atomic E-state index is 12.5. The van der Waals surface area contributed by atoms with Crippen LogP contribution in [0.2, 0.25) is 0 Å². The van der Waals surface area contributed by atoms with Crippen LogP contribution in [0.15, 0.2) is 18.2 Å².